The number of hydrogen-bond acceptors (Lipinski definition) is 4. The van der Waals surface area contributed by atoms with Gasteiger partial charge in [0.1, 0.15) is 0 Å². The lowest BCUT2D eigenvalue weighted by Crippen LogP contribution is -2.50. The molecule has 1 aliphatic carbocycles. The molecule has 2 saturated heterocycles. The topological polar surface area (TPSA) is 53.7 Å². The van der Waals surface area contributed by atoms with Crippen LogP contribution in [0.3, 0.4) is 0 Å². The van der Waals surface area contributed by atoms with E-state index in [4.69, 9.17) is 19.9 Å². The molecule has 3 rings (SSSR count). The first kappa shape index (κ1) is 15.7. The molecule has 3 aliphatic rings. The predicted molar refractivity (Wildman–Crippen MR) is 82.3 cm³/mol. The van der Waals surface area contributed by atoms with Gasteiger partial charge in [-0.1, -0.05) is 25.7 Å². The molecule has 2 aliphatic heterocycles. The fourth-order valence-corrected chi connectivity index (χ4v) is 4.27. The Kier molecular flexibility index (Phi) is 5.20. The Bertz CT molecular complexity index is 314. The first-order chi connectivity index (χ1) is 10.3. The number of ether oxygens (including phenoxy) is 3. The van der Waals surface area contributed by atoms with E-state index in [9.17, 15) is 0 Å². The first-order valence-electron chi connectivity index (χ1n) is 8.86. The third kappa shape index (κ3) is 3.79. The molecule has 4 nitrogen and oxygen atoms in total. The molecule has 0 aromatic heterocycles. The van der Waals surface area contributed by atoms with Crippen LogP contribution >= 0.6 is 0 Å². The van der Waals surface area contributed by atoms with Gasteiger partial charge >= 0.3 is 0 Å². The van der Waals surface area contributed by atoms with Crippen molar-refractivity contribution < 1.29 is 14.2 Å². The zero-order chi connectivity index (χ0) is 14.6. The fourth-order valence-electron chi connectivity index (χ4n) is 4.27. The minimum atomic E-state index is -0.0646. The third-order valence-electron chi connectivity index (χ3n) is 5.66. The fraction of sp³-hybridized carbons (Fsp3) is 1.00. The monoisotopic (exact) mass is 297 g/mol. The quantitative estimate of drug-likeness (QED) is 0.814. The Hall–Kier alpha value is -0.160. The molecule has 3 fully saturated rings. The van der Waals surface area contributed by atoms with Gasteiger partial charge in [0.05, 0.1) is 17.3 Å². The zero-order valence-corrected chi connectivity index (χ0v) is 13.3. The lowest BCUT2D eigenvalue weighted by atomic mass is 9.84. The number of nitrogens with two attached hydrogens (primary N) is 1. The molecule has 0 bridgehead atoms. The average Bonchev–Trinajstić information content (AvgIpc) is 2.74. The van der Waals surface area contributed by atoms with Gasteiger partial charge in [-0.3, -0.25) is 0 Å². The zero-order valence-electron chi connectivity index (χ0n) is 13.3. The summed E-state index contributed by atoms with van der Waals surface area (Å²) in [6.07, 6.45) is 11.9. The summed E-state index contributed by atoms with van der Waals surface area (Å²) in [5.41, 5.74) is 6.07. The van der Waals surface area contributed by atoms with Crippen LogP contribution in [0, 0.1) is 0 Å². The molecule has 1 atom stereocenters. The van der Waals surface area contributed by atoms with Crippen molar-refractivity contribution >= 4 is 0 Å². The van der Waals surface area contributed by atoms with Gasteiger partial charge in [-0.05, 0) is 32.1 Å². The SMILES string of the molecule is NCC1(OC2CCOC3(CCOCC3)C2)CCCCCC1. The minimum Gasteiger partial charge on any atom is -0.381 e. The smallest absolute Gasteiger partial charge is 0.0807 e. The van der Waals surface area contributed by atoms with Crippen LogP contribution in [0.4, 0.5) is 0 Å². The summed E-state index contributed by atoms with van der Waals surface area (Å²) >= 11 is 0. The standard InChI is InChI=1S/C17H31NO3/c18-14-17(6-3-1-2-4-7-17)21-15-5-10-20-16(13-15)8-11-19-12-9-16/h15H,1-14,18H2. The van der Waals surface area contributed by atoms with Crippen LogP contribution in [0.2, 0.25) is 0 Å². The van der Waals surface area contributed by atoms with Crippen LogP contribution in [-0.4, -0.2) is 43.7 Å². The van der Waals surface area contributed by atoms with Crippen LogP contribution in [-0.2, 0) is 14.2 Å². The van der Waals surface area contributed by atoms with E-state index in [1.54, 1.807) is 0 Å². The van der Waals surface area contributed by atoms with E-state index in [-0.39, 0.29) is 11.2 Å². The highest BCUT2D eigenvalue weighted by atomic mass is 16.5. The lowest BCUT2D eigenvalue weighted by molar-refractivity contribution is -0.197. The summed E-state index contributed by atoms with van der Waals surface area (Å²) in [5.74, 6) is 0. The predicted octanol–water partition coefficient (Wildman–Crippen LogP) is 2.78. The van der Waals surface area contributed by atoms with Gasteiger partial charge in [0.15, 0.2) is 0 Å². The maximum Gasteiger partial charge on any atom is 0.0807 e. The molecule has 0 aromatic carbocycles. The van der Waals surface area contributed by atoms with Gasteiger partial charge in [-0.2, -0.15) is 0 Å². The summed E-state index contributed by atoms with van der Waals surface area (Å²) in [7, 11) is 0. The van der Waals surface area contributed by atoms with Crippen molar-refractivity contribution in [2.45, 2.75) is 81.5 Å². The Morgan fingerprint density at radius 3 is 2.33 bits per heavy atom. The summed E-state index contributed by atoms with van der Waals surface area (Å²) in [5, 5.41) is 0. The van der Waals surface area contributed by atoms with E-state index in [1.807, 2.05) is 0 Å². The van der Waals surface area contributed by atoms with Gasteiger partial charge in [0, 0.05) is 32.8 Å². The van der Waals surface area contributed by atoms with Gasteiger partial charge in [-0.25, -0.2) is 0 Å². The molecule has 1 unspecified atom stereocenters. The molecule has 4 heteroatoms. The normalized spacial score (nSPS) is 32.7. The molecular formula is C17H31NO3. The van der Waals surface area contributed by atoms with Crippen molar-refractivity contribution in [2.24, 2.45) is 5.73 Å². The Morgan fingerprint density at radius 1 is 0.952 bits per heavy atom. The van der Waals surface area contributed by atoms with Crippen molar-refractivity contribution in [1.82, 2.24) is 0 Å². The second kappa shape index (κ2) is 6.95. The third-order valence-corrected chi connectivity index (χ3v) is 5.66. The van der Waals surface area contributed by atoms with E-state index < -0.39 is 0 Å². The van der Waals surface area contributed by atoms with Crippen LogP contribution in [0.5, 0.6) is 0 Å². The van der Waals surface area contributed by atoms with Gasteiger partial charge < -0.3 is 19.9 Å². The molecule has 1 saturated carbocycles. The van der Waals surface area contributed by atoms with Crippen LogP contribution < -0.4 is 5.73 Å². The van der Waals surface area contributed by atoms with E-state index >= 15 is 0 Å². The minimum absolute atomic E-state index is 0.0156. The van der Waals surface area contributed by atoms with E-state index in [0.29, 0.717) is 12.6 Å². The second-order valence-electron chi connectivity index (χ2n) is 7.18. The summed E-state index contributed by atoms with van der Waals surface area (Å²) < 4.78 is 18.3. The highest BCUT2D eigenvalue weighted by Gasteiger charge is 2.42. The number of rotatable bonds is 3. The van der Waals surface area contributed by atoms with Crippen LogP contribution in [0.25, 0.3) is 0 Å². The van der Waals surface area contributed by atoms with E-state index in [2.05, 4.69) is 0 Å². The molecule has 2 heterocycles. The molecule has 0 amide bonds. The largest absolute Gasteiger partial charge is 0.381 e. The molecule has 122 valence electrons. The Labute approximate surface area is 128 Å². The summed E-state index contributed by atoms with van der Waals surface area (Å²) in [4.78, 5) is 0. The van der Waals surface area contributed by atoms with Crippen molar-refractivity contribution in [2.75, 3.05) is 26.4 Å². The molecule has 2 N–H and O–H groups in total. The van der Waals surface area contributed by atoms with Crippen molar-refractivity contribution in [1.29, 1.82) is 0 Å². The second-order valence-corrected chi connectivity index (χ2v) is 7.18. The molecule has 21 heavy (non-hydrogen) atoms. The van der Waals surface area contributed by atoms with Gasteiger partial charge in [-0.15, -0.1) is 0 Å². The Morgan fingerprint density at radius 2 is 1.67 bits per heavy atom. The van der Waals surface area contributed by atoms with Crippen molar-refractivity contribution in [3.63, 3.8) is 0 Å². The van der Waals surface area contributed by atoms with Crippen LogP contribution in [0.15, 0.2) is 0 Å². The van der Waals surface area contributed by atoms with Crippen LogP contribution in [0.1, 0.15) is 64.2 Å². The lowest BCUT2D eigenvalue weighted by Gasteiger charge is -2.46. The van der Waals surface area contributed by atoms with E-state index in [0.717, 1.165) is 58.3 Å². The number of hydrogen-bond donors (Lipinski definition) is 1. The highest BCUT2D eigenvalue weighted by molar-refractivity contribution is 4.92. The van der Waals surface area contributed by atoms with E-state index in [1.165, 1.54) is 25.7 Å². The molecule has 0 radical (unpaired) electrons. The maximum atomic E-state index is 6.63. The average molecular weight is 297 g/mol. The molecule has 1 spiro atoms. The molecular weight excluding hydrogens is 266 g/mol. The van der Waals surface area contributed by atoms with Gasteiger partial charge in [0.25, 0.3) is 0 Å². The summed E-state index contributed by atoms with van der Waals surface area (Å²) in [6.45, 7) is 3.15. The maximum absolute atomic E-state index is 6.63. The Balaban J connectivity index is 1.62. The first-order valence-corrected chi connectivity index (χ1v) is 8.86. The summed E-state index contributed by atoms with van der Waals surface area (Å²) in [6, 6.07) is 0. The highest BCUT2D eigenvalue weighted by Crippen LogP contribution is 2.39. The van der Waals surface area contributed by atoms with Gasteiger partial charge in [0.2, 0.25) is 0 Å². The molecule has 0 aromatic rings. The van der Waals surface area contributed by atoms with Crippen molar-refractivity contribution in [3.05, 3.63) is 0 Å². The van der Waals surface area contributed by atoms with Crippen molar-refractivity contribution in [3.8, 4) is 0 Å².